The quantitative estimate of drug-likeness (QED) is 0.786. The van der Waals surface area contributed by atoms with Crippen molar-refractivity contribution in [3.8, 4) is 0 Å². The molecule has 0 aromatic rings. The van der Waals surface area contributed by atoms with Crippen LogP contribution in [-0.4, -0.2) is 87.7 Å². The molecule has 0 spiro atoms. The molecule has 4 heteroatoms. The molecular formula is C15H32N4. The van der Waals surface area contributed by atoms with Crippen molar-refractivity contribution in [2.75, 3.05) is 67.0 Å². The topological polar surface area (TPSA) is 21.8 Å². The third-order valence-corrected chi connectivity index (χ3v) is 4.90. The van der Waals surface area contributed by atoms with Gasteiger partial charge in [0.2, 0.25) is 0 Å². The van der Waals surface area contributed by atoms with Crippen molar-refractivity contribution < 1.29 is 0 Å². The van der Waals surface area contributed by atoms with Crippen molar-refractivity contribution in [3.63, 3.8) is 0 Å². The molecule has 19 heavy (non-hydrogen) atoms. The largest absolute Gasteiger partial charge is 0.314 e. The van der Waals surface area contributed by atoms with Gasteiger partial charge in [0, 0.05) is 32.2 Å². The molecule has 1 atom stereocenters. The lowest BCUT2D eigenvalue weighted by atomic mass is 9.96. The Kier molecular flexibility index (Phi) is 6.07. The number of nitrogens with zero attached hydrogens (tertiary/aromatic N) is 3. The van der Waals surface area contributed by atoms with E-state index in [-0.39, 0.29) is 0 Å². The van der Waals surface area contributed by atoms with Crippen molar-refractivity contribution in [2.45, 2.75) is 25.3 Å². The second kappa shape index (κ2) is 7.58. The molecule has 2 aliphatic heterocycles. The predicted molar refractivity (Wildman–Crippen MR) is 81.6 cm³/mol. The van der Waals surface area contributed by atoms with E-state index in [1.165, 1.54) is 58.5 Å². The first-order chi connectivity index (χ1) is 9.15. The predicted octanol–water partition coefficient (Wildman–Crippen LogP) is 0.554. The molecule has 4 nitrogen and oxygen atoms in total. The maximum Gasteiger partial charge on any atom is 0.0230 e. The summed E-state index contributed by atoms with van der Waals surface area (Å²) in [6.07, 6.45) is 4.06. The maximum absolute atomic E-state index is 3.51. The van der Waals surface area contributed by atoms with Crippen LogP contribution in [0.2, 0.25) is 0 Å². The number of piperazine rings is 1. The number of rotatable bonds is 5. The van der Waals surface area contributed by atoms with Gasteiger partial charge in [-0.05, 0) is 66.0 Å². The third-order valence-electron chi connectivity index (χ3n) is 4.90. The van der Waals surface area contributed by atoms with E-state index in [1.54, 1.807) is 0 Å². The third kappa shape index (κ3) is 5.03. The molecule has 0 saturated carbocycles. The molecule has 0 bridgehead atoms. The van der Waals surface area contributed by atoms with E-state index in [2.05, 4.69) is 41.2 Å². The van der Waals surface area contributed by atoms with Gasteiger partial charge in [0.25, 0.3) is 0 Å². The fraction of sp³-hybridized carbons (Fsp3) is 1.00. The summed E-state index contributed by atoms with van der Waals surface area (Å²) < 4.78 is 0. The molecule has 2 heterocycles. The Morgan fingerprint density at radius 3 is 2.58 bits per heavy atom. The SMILES string of the molecule is CN1CCC(CN(C)CCC2CNCCN2C)CC1. The molecule has 2 fully saturated rings. The van der Waals surface area contributed by atoms with Gasteiger partial charge >= 0.3 is 0 Å². The molecule has 1 N–H and O–H groups in total. The number of likely N-dealkylation sites (N-methyl/N-ethyl adjacent to an activating group) is 1. The average molecular weight is 268 g/mol. The lowest BCUT2D eigenvalue weighted by Crippen LogP contribution is -2.50. The fourth-order valence-corrected chi connectivity index (χ4v) is 3.33. The Morgan fingerprint density at radius 1 is 1.16 bits per heavy atom. The van der Waals surface area contributed by atoms with Gasteiger partial charge in [0.05, 0.1) is 0 Å². The van der Waals surface area contributed by atoms with Crippen LogP contribution in [0.1, 0.15) is 19.3 Å². The van der Waals surface area contributed by atoms with E-state index in [0.717, 1.165) is 18.5 Å². The van der Waals surface area contributed by atoms with Crippen molar-refractivity contribution in [3.05, 3.63) is 0 Å². The number of hydrogen-bond donors (Lipinski definition) is 1. The zero-order valence-electron chi connectivity index (χ0n) is 13.1. The van der Waals surface area contributed by atoms with Gasteiger partial charge in [-0.3, -0.25) is 0 Å². The van der Waals surface area contributed by atoms with Crippen LogP contribution < -0.4 is 5.32 Å². The van der Waals surface area contributed by atoms with Crippen molar-refractivity contribution in [1.82, 2.24) is 20.0 Å². The molecule has 2 aliphatic rings. The van der Waals surface area contributed by atoms with Crippen LogP contribution in [0.25, 0.3) is 0 Å². The summed E-state index contributed by atoms with van der Waals surface area (Å²) in [6, 6.07) is 0.730. The normalized spacial score (nSPS) is 28.1. The van der Waals surface area contributed by atoms with Crippen LogP contribution in [0.5, 0.6) is 0 Å². The van der Waals surface area contributed by atoms with Crippen molar-refractivity contribution in [1.29, 1.82) is 0 Å². The molecule has 0 radical (unpaired) electrons. The zero-order valence-corrected chi connectivity index (χ0v) is 13.1. The molecular weight excluding hydrogens is 236 g/mol. The minimum Gasteiger partial charge on any atom is -0.314 e. The van der Waals surface area contributed by atoms with Crippen molar-refractivity contribution >= 4 is 0 Å². The molecule has 0 aromatic carbocycles. The van der Waals surface area contributed by atoms with Crippen LogP contribution in [0, 0.1) is 5.92 Å². The van der Waals surface area contributed by atoms with Gasteiger partial charge < -0.3 is 20.0 Å². The highest BCUT2D eigenvalue weighted by atomic mass is 15.2. The first kappa shape index (κ1) is 15.2. The van der Waals surface area contributed by atoms with E-state index in [4.69, 9.17) is 0 Å². The smallest absolute Gasteiger partial charge is 0.0230 e. The van der Waals surface area contributed by atoms with E-state index < -0.39 is 0 Å². The number of nitrogens with one attached hydrogen (secondary N) is 1. The highest BCUT2D eigenvalue weighted by Crippen LogP contribution is 2.17. The van der Waals surface area contributed by atoms with Gasteiger partial charge in [0.15, 0.2) is 0 Å². The Hall–Kier alpha value is -0.160. The Balaban J connectivity index is 1.62. The second-order valence-electron chi connectivity index (χ2n) is 6.64. The van der Waals surface area contributed by atoms with Gasteiger partial charge in [-0.25, -0.2) is 0 Å². The van der Waals surface area contributed by atoms with E-state index in [1.807, 2.05) is 0 Å². The molecule has 1 unspecified atom stereocenters. The van der Waals surface area contributed by atoms with E-state index >= 15 is 0 Å². The summed E-state index contributed by atoms with van der Waals surface area (Å²) >= 11 is 0. The molecule has 2 saturated heterocycles. The monoisotopic (exact) mass is 268 g/mol. The highest BCUT2D eigenvalue weighted by molar-refractivity contribution is 4.79. The van der Waals surface area contributed by atoms with Gasteiger partial charge in [-0.2, -0.15) is 0 Å². The van der Waals surface area contributed by atoms with E-state index in [9.17, 15) is 0 Å². The maximum atomic E-state index is 3.51. The first-order valence-corrected chi connectivity index (χ1v) is 7.93. The summed E-state index contributed by atoms with van der Waals surface area (Å²) in [4.78, 5) is 7.53. The van der Waals surface area contributed by atoms with Gasteiger partial charge in [0.1, 0.15) is 0 Å². The van der Waals surface area contributed by atoms with Crippen LogP contribution in [0.15, 0.2) is 0 Å². The number of hydrogen-bond acceptors (Lipinski definition) is 4. The molecule has 0 aromatic heterocycles. The second-order valence-corrected chi connectivity index (χ2v) is 6.64. The average Bonchev–Trinajstić information content (AvgIpc) is 2.40. The minimum absolute atomic E-state index is 0.730. The zero-order chi connectivity index (χ0) is 13.7. The highest BCUT2D eigenvalue weighted by Gasteiger charge is 2.21. The Labute approximate surface area is 119 Å². The summed E-state index contributed by atoms with van der Waals surface area (Å²) in [5.74, 6) is 0.920. The van der Waals surface area contributed by atoms with Gasteiger partial charge in [-0.1, -0.05) is 0 Å². The summed E-state index contributed by atoms with van der Waals surface area (Å²) in [5.41, 5.74) is 0. The molecule has 0 aliphatic carbocycles. The standard InChI is InChI=1S/C15H32N4/c1-17-8-4-14(5-9-17)13-18(2)10-6-15-12-16-7-11-19(15)3/h14-16H,4-13H2,1-3H3. The number of likely N-dealkylation sites (tertiary alicyclic amines) is 1. The van der Waals surface area contributed by atoms with Crippen LogP contribution in [0.4, 0.5) is 0 Å². The lowest BCUT2D eigenvalue weighted by Gasteiger charge is -2.35. The van der Waals surface area contributed by atoms with Crippen LogP contribution in [-0.2, 0) is 0 Å². The van der Waals surface area contributed by atoms with E-state index in [0.29, 0.717) is 0 Å². The van der Waals surface area contributed by atoms with Gasteiger partial charge in [-0.15, -0.1) is 0 Å². The Morgan fingerprint density at radius 2 is 1.89 bits per heavy atom. The molecule has 2 rings (SSSR count). The molecule has 0 amide bonds. The van der Waals surface area contributed by atoms with Crippen LogP contribution >= 0.6 is 0 Å². The lowest BCUT2D eigenvalue weighted by molar-refractivity contribution is 0.149. The first-order valence-electron chi connectivity index (χ1n) is 7.93. The Bertz CT molecular complexity index is 251. The minimum atomic E-state index is 0.730. The summed E-state index contributed by atoms with van der Waals surface area (Å²) in [6.45, 7) is 8.61. The number of piperidine rings is 1. The molecule has 112 valence electrons. The fourth-order valence-electron chi connectivity index (χ4n) is 3.33. The van der Waals surface area contributed by atoms with Crippen LogP contribution in [0.3, 0.4) is 0 Å². The summed E-state index contributed by atoms with van der Waals surface area (Å²) in [5, 5.41) is 3.51. The van der Waals surface area contributed by atoms with Crippen molar-refractivity contribution in [2.24, 2.45) is 5.92 Å². The summed E-state index contributed by atoms with van der Waals surface area (Å²) in [7, 11) is 6.81.